The predicted octanol–water partition coefficient (Wildman–Crippen LogP) is 5.85. The second-order valence-electron chi connectivity index (χ2n) is 9.89. The predicted molar refractivity (Wildman–Crippen MR) is 142 cm³/mol. The highest BCUT2D eigenvalue weighted by Crippen LogP contribution is 2.43. The van der Waals surface area contributed by atoms with Crippen molar-refractivity contribution in [3.63, 3.8) is 0 Å². The lowest BCUT2D eigenvalue weighted by atomic mass is 9.92. The van der Waals surface area contributed by atoms with Crippen molar-refractivity contribution in [2.45, 2.75) is 57.2 Å². The van der Waals surface area contributed by atoms with Crippen LogP contribution in [0.4, 0.5) is 10.5 Å². The van der Waals surface area contributed by atoms with E-state index in [-0.39, 0.29) is 12.1 Å². The van der Waals surface area contributed by atoms with E-state index in [1.54, 1.807) is 6.20 Å². The molecule has 6 rings (SSSR count). The molecule has 188 valence electrons. The summed E-state index contributed by atoms with van der Waals surface area (Å²) in [7, 11) is 0. The molecule has 2 saturated carbocycles. The number of carbonyl (C=O) groups is 1. The van der Waals surface area contributed by atoms with Crippen LogP contribution in [-0.2, 0) is 6.54 Å². The fraction of sp³-hybridized carbons (Fsp3) is 0.345. The number of anilines is 1. The van der Waals surface area contributed by atoms with Crippen LogP contribution in [0.25, 0.3) is 22.2 Å². The van der Waals surface area contributed by atoms with Crippen LogP contribution in [0.5, 0.6) is 5.75 Å². The van der Waals surface area contributed by atoms with Gasteiger partial charge in [0.25, 0.3) is 0 Å². The van der Waals surface area contributed by atoms with Gasteiger partial charge in [0.05, 0.1) is 23.3 Å². The largest absolute Gasteiger partial charge is 0.492 e. The van der Waals surface area contributed by atoms with Crippen LogP contribution in [0.2, 0.25) is 0 Å². The maximum atomic E-state index is 12.3. The Morgan fingerprint density at radius 3 is 2.57 bits per heavy atom. The van der Waals surface area contributed by atoms with Gasteiger partial charge in [-0.1, -0.05) is 12.1 Å². The van der Waals surface area contributed by atoms with Crippen LogP contribution < -0.4 is 15.4 Å². The lowest BCUT2D eigenvalue weighted by Gasteiger charge is -2.30. The number of hydrogen-bond donors (Lipinski definition) is 2. The molecule has 2 aromatic heterocycles. The first-order valence-corrected chi connectivity index (χ1v) is 13.1. The van der Waals surface area contributed by atoms with Gasteiger partial charge in [-0.05, 0) is 74.4 Å². The third-order valence-corrected chi connectivity index (χ3v) is 7.53. The number of aromatic nitrogens is 3. The van der Waals surface area contributed by atoms with Gasteiger partial charge in [0, 0.05) is 41.6 Å². The monoisotopic (exact) mass is 494 g/mol. The Bertz CT molecular complexity index is 1440. The summed E-state index contributed by atoms with van der Waals surface area (Å²) in [5.74, 6) is 0.783. The topological polar surface area (TPSA) is 96.9 Å². The number of nitrogens with one attached hydrogen (secondary N) is 2. The van der Waals surface area contributed by atoms with E-state index in [0.717, 1.165) is 59.3 Å². The van der Waals surface area contributed by atoms with Gasteiger partial charge in [0.2, 0.25) is 0 Å². The number of nitrogens with zero attached hydrogens (tertiary/aromatic N) is 4. The van der Waals surface area contributed by atoms with Gasteiger partial charge in [-0.25, -0.2) is 4.79 Å². The molecule has 37 heavy (non-hydrogen) atoms. The average Bonchev–Trinajstić information content (AvgIpc) is 3.47. The van der Waals surface area contributed by atoms with E-state index in [0.29, 0.717) is 24.8 Å². The second-order valence-corrected chi connectivity index (χ2v) is 9.89. The van der Waals surface area contributed by atoms with E-state index in [4.69, 9.17) is 4.74 Å². The fourth-order valence-corrected chi connectivity index (χ4v) is 5.11. The number of ether oxygens (including phenoxy) is 1. The minimum Gasteiger partial charge on any atom is -0.492 e. The van der Waals surface area contributed by atoms with Gasteiger partial charge in [-0.15, -0.1) is 0 Å². The Hall–Kier alpha value is -4.25. The molecule has 2 heterocycles. The van der Waals surface area contributed by atoms with Gasteiger partial charge >= 0.3 is 6.03 Å². The number of carbonyl (C=O) groups excluding carboxylic acids is 1. The van der Waals surface area contributed by atoms with E-state index in [9.17, 15) is 10.1 Å². The number of amides is 2. The number of rotatable bonds is 8. The van der Waals surface area contributed by atoms with Crippen molar-refractivity contribution < 1.29 is 9.53 Å². The van der Waals surface area contributed by atoms with E-state index >= 15 is 0 Å². The van der Waals surface area contributed by atoms with Crippen molar-refractivity contribution in [1.29, 1.82) is 5.26 Å². The summed E-state index contributed by atoms with van der Waals surface area (Å²) in [6.45, 7) is 1.18. The summed E-state index contributed by atoms with van der Waals surface area (Å²) < 4.78 is 10.2. The number of nitriles is 1. The molecule has 2 amide bonds. The van der Waals surface area contributed by atoms with Crippen LogP contribution in [0.1, 0.15) is 50.1 Å². The molecule has 2 N–H and O–H groups in total. The zero-order valence-corrected chi connectivity index (χ0v) is 20.7. The summed E-state index contributed by atoms with van der Waals surface area (Å²) in [4.78, 5) is 12.3. The molecule has 0 atom stereocenters. The van der Waals surface area contributed by atoms with Crippen LogP contribution in [0, 0.1) is 11.3 Å². The van der Waals surface area contributed by atoms with Gasteiger partial charge in [0.1, 0.15) is 18.4 Å². The standard InChI is InChI=1S/C29H30N6O2/c30-19-26-25-13-12-24(37-17-16-34-15-3-14-31-34)18-27(25)35(23-6-2-7-23)28(26)20-8-10-22(11-9-20)33-29(36)32-21-4-1-5-21/h3,8-15,18,21,23H,1-2,4-7,16-17H2,(H2,32,33,36). The van der Waals surface area contributed by atoms with Crippen molar-refractivity contribution >= 4 is 22.6 Å². The summed E-state index contributed by atoms with van der Waals surface area (Å²) in [6.07, 6.45) is 10.3. The molecule has 8 nitrogen and oxygen atoms in total. The Labute approximate surface area is 215 Å². The molecule has 0 bridgehead atoms. The molecular formula is C29H30N6O2. The van der Waals surface area contributed by atoms with Crippen molar-refractivity contribution in [3.05, 3.63) is 66.5 Å². The summed E-state index contributed by atoms with van der Waals surface area (Å²) in [5, 5.41) is 21.3. The first kappa shape index (κ1) is 23.2. The molecule has 2 aliphatic rings. The van der Waals surface area contributed by atoms with Crippen molar-refractivity contribution in [2.24, 2.45) is 0 Å². The first-order valence-electron chi connectivity index (χ1n) is 13.1. The smallest absolute Gasteiger partial charge is 0.319 e. The molecule has 2 aromatic carbocycles. The minimum absolute atomic E-state index is 0.168. The van der Waals surface area contributed by atoms with Gasteiger partial charge in [-0.3, -0.25) is 4.68 Å². The van der Waals surface area contributed by atoms with Crippen LogP contribution >= 0.6 is 0 Å². The number of benzene rings is 2. The number of urea groups is 1. The third-order valence-electron chi connectivity index (χ3n) is 7.53. The SMILES string of the molecule is N#Cc1c(-c2ccc(NC(=O)NC3CCC3)cc2)n(C2CCC2)c2cc(OCCn3cccn3)ccc12. The molecule has 0 spiro atoms. The fourth-order valence-electron chi connectivity index (χ4n) is 5.11. The summed E-state index contributed by atoms with van der Waals surface area (Å²) in [5.41, 5.74) is 4.33. The molecule has 0 radical (unpaired) electrons. The Kier molecular flexibility index (Phi) is 6.27. The van der Waals surface area contributed by atoms with Crippen molar-refractivity contribution in [1.82, 2.24) is 19.7 Å². The molecule has 0 unspecified atom stereocenters. The molecular weight excluding hydrogens is 464 g/mol. The summed E-state index contributed by atoms with van der Waals surface area (Å²) >= 11 is 0. The first-order chi connectivity index (χ1) is 18.2. The summed E-state index contributed by atoms with van der Waals surface area (Å²) in [6, 6.07) is 18.6. The van der Waals surface area contributed by atoms with E-state index in [2.05, 4.69) is 32.4 Å². The molecule has 0 aliphatic heterocycles. The molecule has 2 aliphatic carbocycles. The van der Waals surface area contributed by atoms with Gasteiger partial charge in [-0.2, -0.15) is 10.4 Å². The van der Waals surface area contributed by atoms with Gasteiger partial charge in [0.15, 0.2) is 0 Å². The highest BCUT2D eigenvalue weighted by atomic mass is 16.5. The maximum Gasteiger partial charge on any atom is 0.319 e. The number of fused-ring (bicyclic) bond motifs is 1. The molecule has 4 aromatic rings. The second kappa shape index (κ2) is 10.0. The Morgan fingerprint density at radius 2 is 1.92 bits per heavy atom. The van der Waals surface area contributed by atoms with Crippen LogP contribution in [0.3, 0.4) is 0 Å². The highest BCUT2D eigenvalue weighted by molar-refractivity contribution is 5.96. The van der Waals surface area contributed by atoms with E-state index in [1.165, 1.54) is 12.8 Å². The Balaban J connectivity index is 1.29. The lowest BCUT2D eigenvalue weighted by Crippen LogP contribution is -2.41. The Morgan fingerprint density at radius 1 is 1.11 bits per heavy atom. The quantitative estimate of drug-likeness (QED) is 0.321. The average molecular weight is 495 g/mol. The van der Waals surface area contributed by atoms with E-state index < -0.39 is 0 Å². The van der Waals surface area contributed by atoms with E-state index in [1.807, 2.05) is 53.3 Å². The maximum absolute atomic E-state index is 12.3. The zero-order chi connectivity index (χ0) is 25.2. The normalized spacial score (nSPS) is 15.5. The number of hydrogen-bond acceptors (Lipinski definition) is 4. The lowest BCUT2D eigenvalue weighted by molar-refractivity contribution is 0.240. The third kappa shape index (κ3) is 4.65. The van der Waals surface area contributed by atoms with Crippen LogP contribution in [-0.4, -0.2) is 33.0 Å². The van der Waals surface area contributed by atoms with Crippen molar-refractivity contribution in [3.8, 4) is 23.1 Å². The molecule has 8 heteroatoms. The molecule has 0 saturated heterocycles. The molecule has 2 fully saturated rings. The highest BCUT2D eigenvalue weighted by Gasteiger charge is 2.28. The van der Waals surface area contributed by atoms with Gasteiger partial charge < -0.3 is 19.9 Å². The minimum atomic E-state index is -0.168. The van der Waals surface area contributed by atoms with Crippen LogP contribution in [0.15, 0.2) is 60.9 Å². The van der Waals surface area contributed by atoms with Crippen molar-refractivity contribution in [2.75, 3.05) is 11.9 Å². The zero-order valence-electron chi connectivity index (χ0n) is 20.7.